The molecule has 1 aliphatic heterocycles. The van der Waals surface area contributed by atoms with Gasteiger partial charge in [0.2, 0.25) is 0 Å². The fourth-order valence-electron chi connectivity index (χ4n) is 2.91. The molecule has 6 nitrogen and oxygen atoms in total. The number of hydrogen-bond donors (Lipinski definition) is 2. The number of nitrogens with one attached hydrogen (secondary N) is 1. The molecule has 1 aliphatic rings. The quantitative estimate of drug-likeness (QED) is 0.634. The van der Waals surface area contributed by atoms with Crippen molar-refractivity contribution in [1.82, 2.24) is 14.9 Å². The predicted molar refractivity (Wildman–Crippen MR) is 87.5 cm³/mol. The van der Waals surface area contributed by atoms with Crippen LogP contribution in [0.3, 0.4) is 0 Å². The van der Waals surface area contributed by atoms with Crippen molar-refractivity contribution < 1.29 is 0 Å². The van der Waals surface area contributed by atoms with Crippen molar-refractivity contribution in [3.8, 4) is 0 Å². The molecule has 118 valence electrons. The number of aromatic nitrogens is 2. The zero-order chi connectivity index (χ0) is 15.4. The summed E-state index contributed by atoms with van der Waals surface area (Å²) in [4.78, 5) is 14.1. The van der Waals surface area contributed by atoms with E-state index in [0.29, 0.717) is 6.04 Å². The highest BCUT2D eigenvalue weighted by Gasteiger charge is 2.25. The Bertz CT molecular complexity index is 475. The van der Waals surface area contributed by atoms with Crippen molar-refractivity contribution in [2.45, 2.75) is 46.1 Å². The zero-order valence-electron chi connectivity index (χ0n) is 13.7. The van der Waals surface area contributed by atoms with Crippen LogP contribution in [-0.4, -0.2) is 47.6 Å². The molecule has 0 radical (unpaired) electrons. The number of anilines is 2. The van der Waals surface area contributed by atoms with Gasteiger partial charge in [-0.1, -0.05) is 13.8 Å². The molecular formula is C15H28N6. The highest BCUT2D eigenvalue weighted by atomic mass is 15.3. The summed E-state index contributed by atoms with van der Waals surface area (Å²) in [5, 5.41) is 0. The number of nitrogens with zero attached hydrogens (tertiary/aromatic N) is 4. The smallest absolute Gasteiger partial charge is 0.148 e. The largest absolute Gasteiger partial charge is 0.353 e. The van der Waals surface area contributed by atoms with Gasteiger partial charge in [0.25, 0.3) is 0 Å². The van der Waals surface area contributed by atoms with Crippen LogP contribution in [0.25, 0.3) is 0 Å². The van der Waals surface area contributed by atoms with E-state index < -0.39 is 0 Å². The minimum absolute atomic E-state index is 0.581. The Morgan fingerprint density at radius 3 is 2.67 bits per heavy atom. The van der Waals surface area contributed by atoms with Gasteiger partial charge >= 0.3 is 0 Å². The van der Waals surface area contributed by atoms with Crippen LogP contribution >= 0.6 is 0 Å². The molecule has 1 unspecified atom stereocenters. The van der Waals surface area contributed by atoms with Gasteiger partial charge in [0.15, 0.2) is 0 Å². The lowest BCUT2D eigenvalue weighted by molar-refractivity contribution is 0.212. The first-order valence-corrected chi connectivity index (χ1v) is 7.90. The summed E-state index contributed by atoms with van der Waals surface area (Å²) in [5.41, 5.74) is 3.76. The maximum Gasteiger partial charge on any atom is 0.148 e. The molecule has 0 spiro atoms. The third kappa shape index (κ3) is 3.44. The molecule has 1 aromatic rings. The fraction of sp³-hybridized carbons (Fsp3) is 0.733. The van der Waals surface area contributed by atoms with Crippen LogP contribution in [0.15, 0.2) is 0 Å². The number of hydrazine groups is 1. The summed E-state index contributed by atoms with van der Waals surface area (Å²) in [5.74, 6) is 8.28. The second-order valence-corrected chi connectivity index (χ2v) is 5.82. The first kappa shape index (κ1) is 16.0. The van der Waals surface area contributed by atoms with E-state index in [9.17, 15) is 0 Å². The number of rotatable bonds is 5. The minimum Gasteiger partial charge on any atom is -0.353 e. The van der Waals surface area contributed by atoms with Crippen LogP contribution in [0, 0.1) is 6.92 Å². The van der Waals surface area contributed by atoms with Crippen molar-refractivity contribution in [2.24, 2.45) is 5.84 Å². The topological polar surface area (TPSA) is 70.3 Å². The number of piperazine rings is 1. The van der Waals surface area contributed by atoms with Crippen molar-refractivity contribution in [2.75, 3.05) is 37.0 Å². The van der Waals surface area contributed by atoms with Crippen molar-refractivity contribution in [1.29, 1.82) is 0 Å². The Morgan fingerprint density at radius 1 is 1.29 bits per heavy atom. The Labute approximate surface area is 127 Å². The molecule has 0 amide bonds. The number of nitrogen functional groups attached to an aromatic ring is 1. The van der Waals surface area contributed by atoms with E-state index in [1.165, 1.54) is 0 Å². The normalized spacial score (nSPS) is 19.9. The predicted octanol–water partition coefficient (Wildman–Crippen LogP) is 1.55. The molecular weight excluding hydrogens is 264 g/mol. The van der Waals surface area contributed by atoms with Crippen molar-refractivity contribution in [3.05, 3.63) is 11.4 Å². The summed E-state index contributed by atoms with van der Waals surface area (Å²) in [6.45, 7) is 9.51. The highest BCUT2D eigenvalue weighted by Crippen LogP contribution is 2.26. The van der Waals surface area contributed by atoms with Gasteiger partial charge in [-0.25, -0.2) is 15.8 Å². The van der Waals surface area contributed by atoms with E-state index in [1.807, 2.05) is 6.92 Å². The van der Waals surface area contributed by atoms with Gasteiger partial charge in [-0.3, -0.25) is 4.90 Å². The van der Waals surface area contributed by atoms with Crippen LogP contribution in [0.5, 0.6) is 0 Å². The maximum absolute atomic E-state index is 5.62. The molecule has 0 saturated carbocycles. The minimum atomic E-state index is 0.581. The van der Waals surface area contributed by atoms with Gasteiger partial charge in [0.1, 0.15) is 17.5 Å². The van der Waals surface area contributed by atoms with E-state index in [0.717, 1.165) is 61.9 Å². The molecule has 1 atom stereocenters. The van der Waals surface area contributed by atoms with Crippen molar-refractivity contribution >= 4 is 11.6 Å². The first-order valence-electron chi connectivity index (χ1n) is 7.90. The van der Waals surface area contributed by atoms with Gasteiger partial charge in [-0.15, -0.1) is 0 Å². The molecule has 1 aromatic heterocycles. The SMILES string of the molecule is CCCc1nc(NN)c(C)c(N2CCN(C)C(CC)C2)n1. The van der Waals surface area contributed by atoms with E-state index in [2.05, 4.69) is 41.1 Å². The van der Waals surface area contributed by atoms with Crippen LogP contribution < -0.4 is 16.2 Å². The summed E-state index contributed by atoms with van der Waals surface area (Å²) < 4.78 is 0. The Morgan fingerprint density at radius 2 is 2.05 bits per heavy atom. The van der Waals surface area contributed by atoms with Crippen molar-refractivity contribution in [3.63, 3.8) is 0 Å². The number of nitrogens with two attached hydrogens (primary N) is 1. The zero-order valence-corrected chi connectivity index (χ0v) is 13.7. The molecule has 1 saturated heterocycles. The third-order valence-electron chi connectivity index (χ3n) is 4.32. The fourth-order valence-corrected chi connectivity index (χ4v) is 2.91. The van der Waals surface area contributed by atoms with Crippen LogP contribution in [0.1, 0.15) is 38.1 Å². The highest BCUT2D eigenvalue weighted by molar-refractivity contribution is 5.58. The molecule has 1 fully saturated rings. The number of hydrogen-bond acceptors (Lipinski definition) is 6. The monoisotopic (exact) mass is 292 g/mol. The second-order valence-electron chi connectivity index (χ2n) is 5.82. The molecule has 6 heteroatoms. The maximum atomic E-state index is 5.62. The summed E-state index contributed by atoms with van der Waals surface area (Å²) in [6, 6.07) is 0.581. The van der Waals surface area contributed by atoms with Gasteiger partial charge in [-0.2, -0.15) is 0 Å². The van der Waals surface area contributed by atoms with E-state index in [1.54, 1.807) is 0 Å². The van der Waals surface area contributed by atoms with Gasteiger partial charge < -0.3 is 10.3 Å². The van der Waals surface area contributed by atoms with Crippen LogP contribution in [-0.2, 0) is 6.42 Å². The first-order chi connectivity index (χ1) is 10.1. The average Bonchev–Trinajstić information content (AvgIpc) is 2.49. The van der Waals surface area contributed by atoms with E-state index in [4.69, 9.17) is 10.8 Å². The Balaban J connectivity index is 2.31. The Kier molecular flexibility index (Phi) is 5.36. The summed E-state index contributed by atoms with van der Waals surface area (Å²) in [6.07, 6.45) is 3.07. The molecule has 0 bridgehead atoms. The van der Waals surface area contributed by atoms with E-state index in [-0.39, 0.29) is 0 Å². The molecule has 21 heavy (non-hydrogen) atoms. The second kappa shape index (κ2) is 7.04. The van der Waals surface area contributed by atoms with Gasteiger partial charge in [0, 0.05) is 37.7 Å². The summed E-state index contributed by atoms with van der Waals surface area (Å²) >= 11 is 0. The number of likely N-dealkylation sites (N-methyl/N-ethyl adjacent to an activating group) is 1. The standard InChI is InChI=1S/C15H28N6/c1-5-7-13-17-14(19-16)11(3)15(18-13)21-9-8-20(4)12(6-2)10-21/h12H,5-10,16H2,1-4H3,(H,17,18,19). The van der Waals surface area contributed by atoms with E-state index >= 15 is 0 Å². The van der Waals surface area contributed by atoms with Crippen LogP contribution in [0.4, 0.5) is 11.6 Å². The number of aryl methyl sites for hydroxylation is 1. The molecule has 0 aliphatic carbocycles. The molecule has 3 N–H and O–H groups in total. The third-order valence-corrected chi connectivity index (χ3v) is 4.32. The lowest BCUT2D eigenvalue weighted by Crippen LogP contribution is -2.51. The van der Waals surface area contributed by atoms with Gasteiger partial charge in [0.05, 0.1) is 0 Å². The molecule has 2 rings (SSSR count). The lowest BCUT2D eigenvalue weighted by Gasteiger charge is -2.40. The van der Waals surface area contributed by atoms with Gasteiger partial charge in [-0.05, 0) is 26.8 Å². The lowest BCUT2D eigenvalue weighted by atomic mass is 10.1. The van der Waals surface area contributed by atoms with Crippen LogP contribution in [0.2, 0.25) is 0 Å². The molecule has 2 heterocycles. The average molecular weight is 292 g/mol. The summed E-state index contributed by atoms with van der Waals surface area (Å²) in [7, 11) is 2.20. The Hall–Kier alpha value is -1.40. The molecule has 0 aromatic carbocycles.